The highest BCUT2D eigenvalue weighted by atomic mass is 32.1. The standard InChI is InChI=1S/C34H32FN5O2S/c35-25-9-11-27(12-10-25)39-16-18-40(19-17-39)33-32-29-15-8-24(20-30(29)43-34(32)37-22-36-33)23-6-13-28(14-7-23)42-21-31(41)38-26-4-2-1-3-5-26/h1-7,9-14,22,24H,8,15-21H2,(H,38,41). The van der Waals surface area contributed by atoms with Crippen LogP contribution in [0.3, 0.4) is 0 Å². The fourth-order valence-electron chi connectivity index (χ4n) is 6.15. The van der Waals surface area contributed by atoms with E-state index in [0.29, 0.717) is 11.7 Å². The lowest BCUT2D eigenvalue weighted by Crippen LogP contribution is -2.47. The number of nitrogens with zero attached hydrogens (tertiary/aromatic N) is 4. The lowest BCUT2D eigenvalue weighted by Gasteiger charge is -2.37. The number of amides is 1. The maximum Gasteiger partial charge on any atom is 0.262 e. The van der Waals surface area contributed by atoms with Gasteiger partial charge in [0.15, 0.2) is 6.61 Å². The van der Waals surface area contributed by atoms with Crippen LogP contribution in [0.2, 0.25) is 0 Å². The Morgan fingerprint density at radius 2 is 1.67 bits per heavy atom. The largest absolute Gasteiger partial charge is 0.484 e. The molecule has 9 heteroatoms. The highest BCUT2D eigenvalue weighted by Gasteiger charge is 2.28. The maximum absolute atomic E-state index is 13.4. The van der Waals surface area contributed by atoms with E-state index in [2.05, 4.69) is 32.2 Å². The van der Waals surface area contributed by atoms with Crippen LogP contribution in [-0.2, 0) is 17.6 Å². The number of benzene rings is 3. The van der Waals surface area contributed by atoms with E-state index in [9.17, 15) is 9.18 Å². The number of hydrogen-bond donors (Lipinski definition) is 1. The third-order valence-corrected chi connectivity index (χ3v) is 9.54. The highest BCUT2D eigenvalue weighted by molar-refractivity contribution is 7.19. The summed E-state index contributed by atoms with van der Waals surface area (Å²) >= 11 is 1.80. The second-order valence-electron chi connectivity index (χ2n) is 11.0. The van der Waals surface area contributed by atoms with E-state index in [-0.39, 0.29) is 18.3 Å². The monoisotopic (exact) mass is 593 g/mol. The fourth-order valence-corrected chi connectivity index (χ4v) is 7.41. The molecule has 7 rings (SSSR count). The van der Waals surface area contributed by atoms with Gasteiger partial charge < -0.3 is 19.9 Å². The Kier molecular flexibility index (Phi) is 7.64. The number of piperazine rings is 1. The number of fused-ring (bicyclic) bond motifs is 3. The van der Waals surface area contributed by atoms with E-state index in [0.717, 1.165) is 67.5 Å². The molecule has 1 aliphatic heterocycles. The van der Waals surface area contributed by atoms with E-state index in [1.807, 2.05) is 54.6 Å². The SMILES string of the molecule is O=C(COc1ccc(C2CCc3c(sc4ncnc(N5CCN(c6ccc(F)cc6)CC5)c34)C2)cc1)Nc1ccccc1. The molecule has 1 amide bonds. The Bertz CT molecular complexity index is 1720. The lowest BCUT2D eigenvalue weighted by atomic mass is 9.83. The Morgan fingerprint density at radius 1 is 0.930 bits per heavy atom. The number of ether oxygens (including phenoxy) is 1. The predicted octanol–water partition coefficient (Wildman–Crippen LogP) is 6.45. The van der Waals surface area contributed by atoms with Crippen LogP contribution >= 0.6 is 11.3 Å². The number of thiophene rings is 1. The first-order chi connectivity index (χ1) is 21.1. The molecule has 0 radical (unpaired) electrons. The Hall–Kier alpha value is -4.50. The number of aryl methyl sites for hydroxylation is 1. The molecule has 3 heterocycles. The van der Waals surface area contributed by atoms with Crippen LogP contribution in [-0.4, -0.2) is 48.7 Å². The number of rotatable bonds is 7. The number of carbonyl (C=O) groups is 1. The molecule has 0 spiro atoms. The minimum absolute atomic E-state index is 0.0343. The van der Waals surface area contributed by atoms with Crippen molar-refractivity contribution < 1.29 is 13.9 Å². The molecule has 1 unspecified atom stereocenters. The average Bonchev–Trinajstić information content (AvgIpc) is 3.43. The number of para-hydroxylation sites is 1. The average molecular weight is 594 g/mol. The van der Waals surface area contributed by atoms with E-state index < -0.39 is 0 Å². The summed E-state index contributed by atoms with van der Waals surface area (Å²) in [6.07, 6.45) is 4.73. The summed E-state index contributed by atoms with van der Waals surface area (Å²) < 4.78 is 19.1. The number of carbonyl (C=O) groups excluding carboxylic acids is 1. The zero-order chi connectivity index (χ0) is 29.2. The summed E-state index contributed by atoms with van der Waals surface area (Å²) in [5.41, 5.74) is 4.50. The summed E-state index contributed by atoms with van der Waals surface area (Å²) in [6, 6.07) is 24.3. The molecule has 218 valence electrons. The molecule has 5 aromatic rings. The van der Waals surface area contributed by atoms with Gasteiger partial charge in [0.05, 0.1) is 5.39 Å². The van der Waals surface area contributed by atoms with Crippen LogP contribution in [0.1, 0.15) is 28.3 Å². The molecule has 1 fully saturated rings. The molecule has 2 aliphatic rings. The van der Waals surface area contributed by atoms with Gasteiger partial charge in [-0.05, 0) is 84.8 Å². The topological polar surface area (TPSA) is 70.6 Å². The number of halogens is 1. The smallest absolute Gasteiger partial charge is 0.262 e. The van der Waals surface area contributed by atoms with E-state index >= 15 is 0 Å². The maximum atomic E-state index is 13.4. The summed E-state index contributed by atoms with van der Waals surface area (Å²) in [5, 5.41) is 4.06. The van der Waals surface area contributed by atoms with Gasteiger partial charge in [0.2, 0.25) is 0 Å². The van der Waals surface area contributed by atoms with Crippen molar-refractivity contribution in [3.8, 4) is 5.75 Å². The first-order valence-electron chi connectivity index (χ1n) is 14.7. The second-order valence-corrected chi connectivity index (χ2v) is 12.1. The first kappa shape index (κ1) is 27.3. The summed E-state index contributed by atoms with van der Waals surface area (Å²) in [6.45, 7) is 3.41. The van der Waals surface area contributed by atoms with Crippen molar-refractivity contribution in [1.82, 2.24) is 9.97 Å². The van der Waals surface area contributed by atoms with Gasteiger partial charge in [0.1, 0.15) is 28.5 Å². The molecule has 43 heavy (non-hydrogen) atoms. The van der Waals surface area contributed by atoms with E-state index in [4.69, 9.17) is 9.72 Å². The van der Waals surface area contributed by atoms with Crippen LogP contribution in [0.25, 0.3) is 10.2 Å². The molecular weight excluding hydrogens is 561 g/mol. The van der Waals surface area contributed by atoms with Gasteiger partial charge in [0.25, 0.3) is 5.91 Å². The molecule has 1 aliphatic carbocycles. The Labute approximate surface area is 254 Å². The third kappa shape index (κ3) is 5.90. The summed E-state index contributed by atoms with van der Waals surface area (Å²) in [5.74, 6) is 1.76. The molecule has 0 bridgehead atoms. The first-order valence-corrected chi connectivity index (χ1v) is 15.5. The van der Waals surface area contributed by atoms with E-state index in [1.54, 1.807) is 17.7 Å². The molecule has 3 aromatic carbocycles. The van der Waals surface area contributed by atoms with Crippen molar-refractivity contribution in [2.45, 2.75) is 25.2 Å². The molecule has 2 aromatic heterocycles. The van der Waals surface area contributed by atoms with Crippen LogP contribution in [0.15, 0.2) is 85.2 Å². The van der Waals surface area contributed by atoms with Crippen molar-refractivity contribution >= 4 is 44.7 Å². The Morgan fingerprint density at radius 3 is 2.44 bits per heavy atom. The van der Waals surface area contributed by atoms with Crippen molar-refractivity contribution in [3.63, 3.8) is 0 Å². The minimum atomic E-state index is -0.207. The molecular formula is C34H32FN5O2S. The highest BCUT2D eigenvalue weighted by Crippen LogP contribution is 2.43. The summed E-state index contributed by atoms with van der Waals surface area (Å²) in [4.78, 5) is 28.8. The zero-order valence-electron chi connectivity index (χ0n) is 23.7. The van der Waals surface area contributed by atoms with Crippen LogP contribution in [0.5, 0.6) is 5.75 Å². The number of anilines is 3. The van der Waals surface area contributed by atoms with Gasteiger partial charge >= 0.3 is 0 Å². The van der Waals surface area contributed by atoms with Gasteiger partial charge in [-0.2, -0.15) is 0 Å². The fraction of sp³-hybridized carbons (Fsp3) is 0.265. The van der Waals surface area contributed by atoms with E-state index in [1.165, 1.54) is 33.5 Å². The molecule has 7 nitrogen and oxygen atoms in total. The van der Waals surface area contributed by atoms with Gasteiger partial charge in [0, 0.05) is 42.4 Å². The minimum Gasteiger partial charge on any atom is -0.484 e. The van der Waals surface area contributed by atoms with Gasteiger partial charge in [-0.3, -0.25) is 4.79 Å². The van der Waals surface area contributed by atoms with Gasteiger partial charge in [-0.1, -0.05) is 30.3 Å². The molecule has 1 N–H and O–H groups in total. The van der Waals surface area contributed by atoms with Crippen molar-refractivity contribution in [1.29, 1.82) is 0 Å². The lowest BCUT2D eigenvalue weighted by molar-refractivity contribution is -0.118. The van der Waals surface area contributed by atoms with Crippen LogP contribution < -0.4 is 19.9 Å². The summed E-state index contributed by atoms with van der Waals surface area (Å²) in [7, 11) is 0. The number of hydrogen-bond acceptors (Lipinski definition) is 7. The van der Waals surface area contributed by atoms with Crippen molar-refractivity contribution in [3.05, 3.63) is 107 Å². The number of nitrogens with one attached hydrogen (secondary N) is 1. The van der Waals surface area contributed by atoms with Gasteiger partial charge in [-0.15, -0.1) is 11.3 Å². The van der Waals surface area contributed by atoms with Crippen LogP contribution in [0.4, 0.5) is 21.6 Å². The molecule has 0 saturated carbocycles. The van der Waals surface area contributed by atoms with Crippen molar-refractivity contribution in [2.24, 2.45) is 0 Å². The number of aromatic nitrogens is 2. The normalized spacial score (nSPS) is 16.6. The predicted molar refractivity (Wildman–Crippen MR) is 170 cm³/mol. The second kappa shape index (κ2) is 12.0. The third-order valence-electron chi connectivity index (χ3n) is 8.38. The Balaban J connectivity index is 0.999. The quantitative estimate of drug-likeness (QED) is 0.234. The van der Waals surface area contributed by atoms with Crippen LogP contribution in [0, 0.1) is 5.82 Å². The molecule has 1 saturated heterocycles. The molecule has 1 atom stereocenters. The van der Waals surface area contributed by atoms with Gasteiger partial charge in [-0.25, -0.2) is 14.4 Å². The zero-order valence-corrected chi connectivity index (χ0v) is 24.5. The van der Waals surface area contributed by atoms with Crippen molar-refractivity contribution in [2.75, 3.05) is 47.9 Å².